The molecule has 1 N–H and O–H groups in total. The van der Waals surface area contributed by atoms with E-state index in [2.05, 4.69) is 40.9 Å². The van der Waals surface area contributed by atoms with Crippen molar-refractivity contribution in [2.45, 2.75) is 59.0 Å². The van der Waals surface area contributed by atoms with Crippen molar-refractivity contribution in [2.75, 3.05) is 6.54 Å². The zero-order valence-electron chi connectivity index (χ0n) is 11.7. The summed E-state index contributed by atoms with van der Waals surface area (Å²) in [5.74, 6) is 3.18. The summed E-state index contributed by atoms with van der Waals surface area (Å²) in [5.41, 5.74) is 0.370. The SMILES string of the molecule is CC(C)(C)CCc1nnc2n1CCNC2C1CC1. The summed E-state index contributed by atoms with van der Waals surface area (Å²) in [5, 5.41) is 12.5. The average Bonchev–Trinajstić information content (AvgIpc) is 3.06. The molecule has 1 atom stereocenters. The Kier molecular flexibility index (Phi) is 2.93. The third kappa shape index (κ3) is 2.44. The van der Waals surface area contributed by atoms with Crippen LogP contribution in [0, 0.1) is 11.3 Å². The molecular weight excluding hydrogens is 224 g/mol. The largest absolute Gasteiger partial charge is 0.312 e. The Hall–Kier alpha value is -0.900. The number of rotatable bonds is 3. The van der Waals surface area contributed by atoms with E-state index < -0.39 is 0 Å². The molecule has 1 aliphatic carbocycles. The molecule has 4 heteroatoms. The van der Waals surface area contributed by atoms with Gasteiger partial charge in [0.15, 0.2) is 5.82 Å². The van der Waals surface area contributed by atoms with Crippen molar-refractivity contribution >= 4 is 0 Å². The maximum Gasteiger partial charge on any atom is 0.150 e. The van der Waals surface area contributed by atoms with E-state index in [1.165, 1.54) is 30.9 Å². The molecule has 0 bridgehead atoms. The van der Waals surface area contributed by atoms with Crippen LogP contribution in [-0.2, 0) is 13.0 Å². The van der Waals surface area contributed by atoms with E-state index in [0.717, 1.165) is 25.4 Å². The van der Waals surface area contributed by atoms with Crippen LogP contribution in [0.4, 0.5) is 0 Å². The van der Waals surface area contributed by atoms with Gasteiger partial charge in [0.2, 0.25) is 0 Å². The molecule has 100 valence electrons. The van der Waals surface area contributed by atoms with Crippen molar-refractivity contribution in [1.29, 1.82) is 0 Å². The van der Waals surface area contributed by atoms with E-state index in [0.29, 0.717) is 11.5 Å². The highest BCUT2D eigenvalue weighted by Crippen LogP contribution is 2.41. The van der Waals surface area contributed by atoms with Gasteiger partial charge < -0.3 is 9.88 Å². The van der Waals surface area contributed by atoms with Crippen molar-refractivity contribution in [1.82, 2.24) is 20.1 Å². The van der Waals surface area contributed by atoms with Gasteiger partial charge in [-0.25, -0.2) is 0 Å². The van der Waals surface area contributed by atoms with Gasteiger partial charge in [0.1, 0.15) is 5.82 Å². The van der Waals surface area contributed by atoms with Crippen LogP contribution in [0.25, 0.3) is 0 Å². The minimum atomic E-state index is 0.370. The maximum atomic E-state index is 4.45. The average molecular weight is 248 g/mol. The fourth-order valence-corrected chi connectivity index (χ4v) is 2.72. The van der Waals surface area contributed by atoms with Crippen LogP contribution < -0.4 is 5.32 Å². The van der Waals surface area contributed by atoms with Gasteiger partial charge in [0.05, 0.1) is 6.04 Å². The first-order chi connectivity index (χ1) is 8.54. The number of nitrogens with one attached hydrogen (secondary N) is 1. The Morgan fingerprint density at radius 2 is 2.06 bits per heavy atom. The first-order valence-electron chi connectivity index (χ1n) is 7.20. The molecule has 2 aliphatic rings. The number of hydrogen-bond donors (Lipinski definition) is 1. The molecule has 1 saturated carbocycles. The van der Waals surface area contributed by atoms with E-state index in [9.17, 15) is 0 Å². The Morgan fingerprint density at radius 3 is 2.72 bits per heavy atom. The molecule has 0 aromatic carbocycles. The molecule has 1 fully saturated rings. The second-order valence-corrected chi connectivity index (χ2v) is 6.96. The monoisotopic (exact) mass is 248 g/mol. The zero-order valence-corrected chi connectivity index (χ0v) is 11.7. The summed E-state index contributed by atoms with van der Waals surface area (Å²) in [6, 6.07) is 0.467. The second kappa shape index (κ2) is 4.34. The smallest absolute Gasteiger partial charge is 0.150 e. The van der Waals surface area contributed by atoms with Crippen molar-refractivity contribution in [3.8, 4) is 0 Å². The summed E-state index contributed by atoms with van der Waals surface area (Å²) in [4.78, 5) is 0. The Labute approximate surface area is 109 Å². The molecule has 0 spiro atoms. The molecule has 1 aliphatic heterocycles. The van der Waals surface area contributed by atoms with Gasteiger partial charge in [-0.05, 0) is 30.6 Å². The molecule has 4 nitrogen and oxygen atoms in total. The molecule has 0 radical (unpaired) electrons. The molecule has 1 aromatic rings. The van der Waals surface area contributed by atoms with Crippen molar-refractivity contribution in [3.63, 3.8) is 0 Å². The van der Waals surface area contributed by atoms with E-state index in [-0.39, 0.29) is 0 Å². The number of hydrogen-bond acceptors (Lipinski definition) is 3. The summed E-state index contributed by atoms with van der Waals surface area (Å²) in [7, 11) is 0. The first-order valence-corrected chi connectivity index (χ1v) is 7.20. The number of aromatic nitrogens is 3. The topological polar surface area (TPSA) is 42.7 Å². The van der Waals surface area contributed by atoms with Crippen molar-refractivity contribution < 1.29 is 0 Å². The summed E-state index contributed by atoms with van der Waals surface area (Å²) in [6.45, 7) is 8.96. The zero-order chi connectivity index (χ0) is 12.8. The van der Waals surface area contributed by atoms with Crippen molar-refractivity contribution in [2.24, 2.45) is 11.3 Å². The minimum Gasteiger partial charge on any atom is -0.312 e. The number of aryl methyl sites for hydroxylation is 1. The Morgan fingerprint density at radius 1 is 1.28 bits per heavy atom. The minimum absolute atomic E-state index is 0.370. The predicted molar refractivity (Wildman–Crippen MR) is 71.3 cm³/mol. The number of fused-ring (bicyclic) bond motifs is 1. The van der Waals surface area contributed by atoms with Crippen LogP contribution >= 0.6 is 0 Å². The molecular formula is C14H24N4. The third-order valence-electron chi connectivity index (χ3n) is 4.03. The number of nitrogens with zero attached hydrogens (tertiary/aromatic N) is 3. The van der Waals surface area contributed by atoms with E-state index in [1.807, 2.05) is 0 Å². The standard InChI is InChI=1S/C14H24N4/c1-14(2,3)7-6-11-16-17-13-12(10-4-5-10)15-8-9-18(11)13/h10,12,15H,4-9H2,1-3H3. The van der Waals surface area contributed by atoms with Crippen LogP contribution in [0.1, 0.15) is 57.7 Å². The molecule has 18 heavy (non-hydrogen) atoms. The van der Waals surface area contributed by atoms with Gasteiger partial charge in [0, 0.05) is 19.5 Å². The van der Waals surface area contributed by atoms with Crippen LogP contribution in [0.15, 0.2) is 0 Å². The van der Waals surface area contributed by atoms with E-state index in [4.69, 9.17) is 0 Å². The summed E-state index contributed by atoms with van der Waals surface area (Å²) >= 11 is 0. The highest BCUT2D eigenvalue weighted by Gasteiger charge is 2.37. The molecule has 0 saturated heterocycles. The first kappa shape index (κ1) is 12.2. The summed E-state index contributed by atoms with van der Waals surface area (Å²) < 4.78 is 2.37. The normalized spacial score (nSPS) is 24.1. The lowest BCUT2D eigenvalue weighted by Crippen LogP contribution is -2.35. The molecule has 3 rings (SSSR count). The molecule has 1 aromatic heterocycles. The van der Waals surface area contributed by atoms with Crippen molar-refractivity contribution in [3.05, 3.63) is 11.6 Å². The fraction of sp³-hybridized carbons (Fsp3) is 0.857. The predicted octanol–water partition coefficient (Wildman–Crippen LogP) is 2.31. The molecule has 1 unspecified atom stereocenters. The van der Waals surface area contributed by atoms with Gasteiger partial charge in [-0.15, -0.1) is 10.2 Å². The molecule has 2 heterocycles. The second-order valence-electron chi connectivity index (χ2n) is 6.96. The third-order valence-corrected chi connectivity index (χ3v) is 4.03. The van der Waals surface area contributed by atoms with Crippen LogP contribution in [0.5, 0.6) is 0 Å². The quantitative estimate of drug-likeness (QED) is 0.892. The van der Waals surface area contributed by atoms with Crippen LogP contribution in [0.2, 0.25) is 0 Å². The molecule has 0 amide bonds. The highest BCUT2D eigenvalue weighted by molar-refractivity contribution is 5.09. The lowest BCUT2D eigenvalue weighted by Gasteiger charge is -2.25. The van der Waals surface area contributed by atoms with Gasteiger partial charge in [-0.1, -0.05) is 20.8 Å². The summed E-state index contributed by atoms with van der Waals surface area (Å²) in [6.07, 6.45) is 4.92. The maximum absolute atomic E-state index is 4.45. The fourth-order valence-electron chi connectivity index (χ4n) is 2.72. The highest BCUT2D eigenvalue weighted by atomic mass is 15.3. The Bertz CT molecular complexity index is 425. The van der Waals surface area contributed by atoms with Gasteiger partial charge in [0.25, 0.3) is 0 Å². The van der Waals surface area contributed by atoms with Gasteiger partial charge >= 0.3 is 0 Å². The van der Waals surface area contributed by atoms with Gasteiger partial charge in [-0.2, -0.15) is 0 Å². The van der Waals surface area contributed by atoms with Crippen LogP contribution in [0.3, 0.4) is 0 Å². The lowest BCUT2D eigenvalue weighted by molar-refractivity contribution is 0.355. The Balaban J connectivity index is 1.77. The van der Waals surface area contributed by atoms with E-state index in [1.54, 1.807) is 0 Å². The van der Waals surface area contributed by atoms with Crippen LogP contribution in [-0.4, -0.2) is 21.3 Å². The van der Waals surface area contributed by atoms with E-state index >= 15 is 0 Å². The van der Waals surface area contributed by atoms with Gasteiger partial charge in [-0.3, -0.25) is 0 Å². The lowest BCUT2D eigenvalue weighted by atomic mass is 9.90.